The van der Waals surface area contributed by atoms with Crippen molar-refractivity contribution in [3.8, 4) is 33.8 Å². The van der Waals surface area contributed by atoms with Crippen molar-refractivity contribution in [1.82, 2.24) is 9.97 Å². The lowest BCUT2D eigenvalue weighted by atomic mass is 9.33. The van der Waals surface area contributed by atoms with Crippen LogP contribution >= 0.6 is 0 Å². The van der Waals surface area contributed by atoms with Gasteiger partial charge in [0.05, 0.1) is 16.7 Å². The summed E-state index contributed by atoms with van der Waals surface area (Å²) in [4.78, 5) is 12.4. The zero-order chi connectivity index (χ0) is 33.7. The van der Waals surface area contributed by atoms with Crippen molar-refractivity contribution in [3.63, 3.8) is 0 Å². The van der Waals surface area contributed by atoms with Crippen molar-refractivity contribution in [2.75, 3.05) is 4.90 Å². The molecule has 51 heavy (non-hydrogen) atoms. The van der Waals surface area contributed by atoms with Crippen molar-refractivity contribution in [3.05, 3.63) is 182 Å². The molecule has 5 heteroatoms. The van der Waals surface area contributed by atoms with E-state index in [1.54, 1.807) is 0 Å². The third-order valence-corrected chi connectivity index (χ3v) is 10.1. The summed E-state index contributed by atoms with van der Waals surface area (Å²) < 4.78 is 6.55. The summed E-state index contributed by atoms with van der Waals surface area (Å²) in [6, 6.07) is 59.6. The highest BCUT2D eigenvalue weighted by Gasteiger charge is 2.35. The number of hydrogen-bond donors (Lipinski definition) is 0. The number of benzene rings is 6. The van der Waals surface area contributed by atoms with Crippen LogP contribution in [0.1, 0.15) is 0 Å². The average molecular weight is 652 g/mol. The Kier molecular flexibility index (Phi) is 6.88. The van der Waals surface area contributed by atoms with Crippen molar-refractivity contribution in [2.24, 2.45) is 0 Å². The maximum Gasteiger partial charge on any atom is 0.243 e. The molecule has 238 valence electrons. The zero-order valence-electron chi connectivity index (χ0n) is 27.6. The van der Waals surface area contributed by atoms with Gasteiger partial charge in [-0.1, -0.05) is 132 Å². The Morgan fingerprint density at radius 3 is 1.96 bits per heavy atom. The van der Waals surface area contributed by atoms with E-state index < -0.39 is 0 Å². The van der Waals surface area contributed by atoms with Gasteiger partial charge in [0.25, 0.3) is 0 Å². The number of aromatic nitrogens is 2. The predicted molar refractivity (Wildman–Crippen MR) is 211 cm³/mol. The van der Waals surface area contributed by atoms with Gasteiger partial charge >= 0.3 is 0 Å². The van der Waals surface area contributed by atoms with Crippen molar-refractivity contribution in [1.29, 1.82) is 0 Å². The van der Waals surface area contributed by atoms with Crippen LogP contribution in [0, 0.1) is 0 Å². The number of nitrogens with zero attached hydrogens (tertiary/aromatic N) is 3. The van der Waals surface area contributed by atoms with Crippen LogP contribution in [0.25, 0.3) is 55.6 Å². The van der Waals surface area contributed by atoms with Gasteiger partial charge in [0, 0.05) is 45.8 Å². The molecule has 0 spiro atoms. The molecule has 3 aromatic heterocycles. The smallest absolute Gasteiger partial charge is 0.243 e. The van der Waals surface area contributed by atoms with Gasteiger partial charge in [-0.2, -0.15) is 0 Å². The average Bonchev–Trinajstić information content (AvgIpc) is 3.70. The first-order valence-electron chi connectivity index (χ1n) is 17.3. The maximum absolute atomic E-state index is 6.55. The van der Waals surface area contributed by atoms with Gasteiger partial charge in [0.2, 0.25) is 6.71 Å². The molecule has 1 aliphatic heterocycles. The zero-order valence-corrected chi connectivity index (χ0v) is 27.6. The lowest BCUT2D eigenvalue weighted by Crippen LogP contribution is -2.55. The molecule has 0 bridgehead atoms. The second-order valence-corrected chi connectivity index (χ2v) is 12.9. The molecule has 9 aromatic rings. The quantitative estimate of drug-likeness (QED) is 0.168. The van der Waals surface area contributed by atoms with Crippen molar-refractivity contribution < 1.29 is 4.42 Å². The summed E-state index contributed by atoms with van der Waals surface area (Å²) in [6.07, 6.45) is 3.87. The van der Waals surface area contributed by atoms with Crippen molar-refractivity contribution in [2.45, 2.75) is 0 Å². The highest BCUT2D eigenvalue weighted by atomic mass is 16.3. The molecule has 0 saturated heterocycles. The minimum atomic E-state index is -0.0337. The Morgan fingerprint density at radius 2 is 1.18 bits per heavy atom. The number of pyridine rings is 2. The number of hydrogen-bond acceptors (Lipinski definition) is 4. The van der Waals surface area contributed by atoms with Crippen molar-refractivity contribution >= 4 is 62.0 Å². The fourth-order valence-electron chi connectivity index (χ4n) is 7.89. The molecular formula is C46H30BN3O. The molecule has 6 aromatic carbocycles. The molecular weight excluding hydrogens is 621 g/mol. The molecule has 0 amide bonds. The molecule has 0 fully saturated rings. The number of anilines is 3. The van der Waals surface area contributed by atoms with E-state index in [0.717, 1.165) is 67.1 Å². The summed E-state index contributed by atoms with van der Waals surface area (Å²) in [5.74, 6) is 1.65. The molecule has 0 atom stereocenters. The Labute approximate surface area is 296 Å². The van der Waals surface area contributed by atoms with E-state index in [2.05, 4.69) is 157 Å². The molecule has 10 rings (SSSR count). The highest BCUT2D eigenvalue weighted by molar-refractivity contribution is 6.99. The summed E-state index contributed by atoms with van der Waals surface area (Å²) in [5.41, 5.74) is 13.2. The van der Waals surface area contributed by atoms with Crippen LogP contribution in [0.2, 0.25) is 0 Å². The van der Waals surface area contributed by atoms with Gasteiger partial charge in [0.15, 0.2) is 0 Å². The molecule has 0 radical (unpaired) electrons. The van der Waals surface area contributed by atoms with E-state index in [9.17, 15) is 0 Å². The SMILES string of the molecule is c1ccc(-c2ccc(-c3cnc4cccc5c4c3-c3ccccc3B5c3ccc(N(c4ccccc4)c4ccccc4)c4ncccc34)o2)cc1. The molecule has 0 saturated carbocycles. The predicted octanol–water partition coefficient (Wildman–Crippen LogP) is 9.68. The second kappa shape index (κ2) is 12.0. The van der Waals surface area contributed by atoms with E-state index in [-0.39, 0.29) is 6.71 Å². The normalized spacial score (nSPS) is 11.9. The van der Waals surface area contributed by atoms with E-state index in [4.69, 9.17) is 14.4 Å². The third kappa shape index (κ3) is 4.78. The summed E-state index contributed by atoms with van der Waals surface area (Å²) in [7, 11) is 0. The second-order valence-electron chi connectivity index (χ2n) is 12.9. The van der Waals surface area contributed by atoms with E-state index in [0.29, 0.717) is 0 Å². The number of para-hydroxylation sites is 2. The summed E-state index contributed by atoms with van der Waals surface area (Å²) in [5, 5.41) is 2.28. The largest absolute Gasteiger partial charge is 0.456 e. The van der Waals surface area contributed by atoms with Crippen LogP contribution in [0.4, 0.5) is 17.1 Å². The van der Waals surface area contributed by atoms with Gasteiger partial charge < -0.3 is 9.32 Å². The molecule has 0 N–H and O–H groups in total. The van der Waals surface area contributed by atoms with Gasteiger partial charge in [-0.05, 0) is 65.5 Å². The van der Waals surface area contributed by atoms with Gasteiger partial charge in [0.1, 0.15) is 11.5 Å². The monoisotopic (exact) mass is 651 g/mol. The molecule has 1 aliphatic rings. The minimum Gasteiger partial charge on any atom is -0.456 e. The molecule has 4 heterocycles. The fourth-order valence-corrected chi connectivity index (χ4v) is 7.89. The topological polar surface area (TPSA) is 42.2 Å². The molecule has 4 nitrogen and oxygen atoms in total. The Morgan fingerprint density at radius 1 is 0.490 bits per heavy atom. The Hall–Kier alpha value is -6.72. The number of rotatable bonds is 6. The first kappa shape index (κ1) is 29.2. The lowest BCUT2D eigenvalue weighted by molar-refractivity contribution is 0.597. The number of furan rings is 1. The van der Waals surface area contributed by atoms with Crippen LogP contribution in [0.3, 0.4) is 0 Å². The first-order valence-corrected chi connectivity index (χ1v) is 17.3. The summed E-state index contributed by atoms with van der Waals surface area (Å²) >= 11 is 0. The Bertz CT molecular complexity index is 2670. The molecule has 0 unspecified atom stereocenters. The van der Waals surface area contributed by atoms with E-state index >= 15 is 0 Å². The third-order valence-electron chi connectivity index (χ3n) is 10.1. The van der Waals surface area contributed by atoms with Crippen LogP contribution in [-0.2, 0) is 0 Å². The lowest BCUT2D eigenvalue weighted by Gasteiger charge is -2.30. The van der Waals surface area contributed by atoms with Crippen LogP contribution in [-0.4, -0.2) is 16.7 Å². The van der Waals surface area contributed by atoms with E-state index in [1.807, 2.05) is 30.6 Å². The fraction of sp³-hybridized carbons (Fsp3) is 0. The van der Waals surface area contributed by atoms with Gasteiger partial charge in [-0.15, -0.1) is 0 Å². The van der Waals surface area contributed by atoms with Crippen LogP contribution < -0.4 is 21.3 Å². The Balaban J connectivity index is 1.20. The maximum atomic E-state index is 6.55. The highest BCUT2D eigenvalue weighted by Crippen LogP contribution is 2.41. The van der Waals surface area contributed by atoms with Gasteiger partial charge in [-0.3, -0.25) is 9.97 Å². The van der Waals surface area contributed by atoms with Crippen LogP contribution in [0.5, 0.6) is 0 Å². The molecule has 0 aliphatic carbocycles. The first-order chi connectivity index (χ1) is 25.3. The van der Waals surface area contributed by atoms with Gasteiger partial charge in [-0.25, -0.2) is 0 Å². The minimum absolute atomic E-state index is 0.0337. The van der Waals surface area contributed by atoms with Crippen LogP contribution in [0.15, 0.2) is 187 Å². The number of fused-ring (bicyclic) bond motifs is 3. The van der Waals surface area contributed by atoms with E-state index in [1.165, 1.54) is 22.0 Å². The standard InChI is InChI=1S/C46H30BN3O/c1-4-14-31(15-5-1)42-27-28-43(51-42)36-30-49-40-24-12-23-39-45(40)44(36)34-20-10-11-22-37(34)47(39)38-25-26-41(46-35(38)21-13-29-48-46)50(32-16-6-2-7-17-32)33-18-8-3-9-19-33/h1-30H. The summed E-state index contributed by atoms with van der Waals surface area (Å²) in [6.45, 7) is -0.0337.